The maximum absolute atomic E-state index is 13.2. The molecule has 0 radical (unpaired) electrons. The first-order valence-electron chi connectivity index (χ1n) is 21.2. The number of carboxylic acid groups (broad SMARTS) is 1. The molecule has 6 atom stereocenters. The third-order valence-electron chi connectivity index (χ3n) is 9.72. The van der Waals surface area contributed by atoms with Gasteiger partial charge >= 0.3 is 11.9 Å². The van der Waals surface area contributed by atoms with Crippen LogP contribution in [0.2, 0.25) is 0 Å². The number of aliphatic hydroxyl groups excluding tert-OH is 1. The number of carbonyl (C=O) groups is 7. The third kappa shape index (κ3) is 26.6. The highest BCUT2D eigenvalue weighted by atomic mass is 32.2. The van der Waals surface area contributed by atoms with Crippen molar-refractivity contribution in [3.8, 4) is 0 Å². The first-order chi connectivity index (χ1) is 28.9. The molecule has 0 aliphatic carbocycles. The summed E-state index contributed by atoms with van der Waals surface area (Å²) in [6.45, 7) is 19.2. The Morgan fingerprint density at radius 3 is 1.89 bits per heavy atom. The smallest absolute Gasteiger partial charge is 0.334 e. The van der Waals surface area contributed by atoms with Crippen molar-refractivity contribution in [1.82, 2.24) is 25.8 Å². The number of amides is 5. The molecular formula is C46H77N5O10S. The fourth-order valence-corrected chi connectivity index (χ4v) is 5.52. The van der Waals surface area contributed by atoms with E-state index in [1.54, 1.807) is 13.8 Å². The molecule has 1 rings (SSSR count). The van der Waals surface area contributed by atoms with Crippen LogP contribution in [-0.4, -0.2) is 125 Å². The van der Waals surface area contributed by atoms with E-state index in [2.05, 4.69) is 54.9 Å². The molecule has 0 aliphatic rings. The van der Waals surface area contributed by atoms with E-state index in [-0.39, 0.29) is 24.2 Å². The molecule has 0 spiro atoms. The van der Waals surface area contributed by atoms with Gasteiger partial charge in [-0.15, -0.1) is 11.8 Å². The number of carboxylic acids is 1. The van der Waals surface area contributed by atoms with Crippen LogP contribution in [0, 0.1) is 24.7 Å². The third-order valence-corrected chi connectivity index (χ3v) is 9.98. The van der Waals surface area contributed by atoms with Crippen molar-refractivity contribution in [3.05, 3.63) is 59.2 Å². The minimum atomic E-state index is -1.22. The summed E-state index contributed by atoms with van der Waals surface area (Å²) >= 11 is 1.41. The highest BCUT2D eigenvalue weighted by Gasteiger charge is 2.31. The van der Waals surface area contributed by atoms with Crippen molar-refractivity contribution in [2.24, 2.45) is 17.8 Å². The number of nitrogens with zero attached hydrogens (tertiary/aromatic N) is 2. The van der Waals surface area contributed by atoms with Crippen LogP contribution in [0.1, 0.15) is 107 Å². The molecule has 0 fully saturated rings. The summed E-state index contributed by atoms with van der Waals surface area (Å²) in [5, 5.41) is 24.5. The minimum Gasteiger partial charge on any atom is -0.480 e. The maximum Gasteiger partial charge on any atom is 0.334 e. The van der Waals surface area contributed by atoms with E-state index >= 15 is 0 Å². The second-order valence-electron chi connectivity index (χ2n) is 16.2. The fourth-order valence-electron chi connectivity index (χ4n) is 5.52. The normalized spacial score (nSPS) is 14.1. The van der Waals surface area contributed by atoms with Crippen molar-refractivity contribution in [1.29, 1.82) is 0 Å². The zero-order valence-electron chi connectivity index (χ0n) is 39.7. The number of nitrogens with one attached hydrogen (secondary N) is 3. The number of ether oxygens (including phenoxy) is 1. The SMILES string of the molecule is C/C=C(\C)CC(C)CC/C=C(\C)C(=O)O[C@H](CC(C)C)C(=O)NC(C)C(=O)N(C)CC(=O)N(C)CC(=O)NC(C(=O)N[C@H](C)C(=O)O)C(C)CC.CSCO.Cc1ccccc1. The number of rotatable bonds is 23. The molecule has 62 heavy (non-hydrogen) atoms. The maximum atomic E-state index is 13.2. The average molecular weight is 892 g/mol. The van der Waals surface area contributed by atoms with Gasteiger partial charge in [0.05, 0.1) is 19.0 Å². The minimum absolute atomic E-state index is 0.00994. The van der Waals surface area contributed by atoms with E-state index in [4.69, 9.17) is 14.9 Å². The van der Waals surface area contributed by atoms with Crippen molar-refractivity contribution >= 4 is 53.2 Å². The Balaban J connectivity index is 0. The van der Waals surface area contributed by atoms with Gasteiger partial charge in [0, 0.05) is 19.7 Å². The largest absolute Gasteiger partial charge is 0.480 e. The second kappa shape index (κ2) is 32.9. The average Bonchev–Trinajstić information content (AvgIpc) is 3.21. The number of allylic oxidation sites excluding steroid dienone is 3. The van der Waals surface area contributed by atoms with Crippen LogP contribution in [0.5, 0.6) is 0 Å². The fraction of sp³-hybridized carbons (Fsp3) is 0.630. The molecule has 0 saturated carbocycles. The van der Waals surface area contributed by atoms with E-state index in [1.807, 2.05) is 58.2 Å². The quantitative estimate of drug-likeness (QED) is 0.0401. The van der Waals surface area contributed by atoms with Crippen LogP contribution in [0.3, 0.4) is 0 Å². The Hall–Kier alpha value is -4.70. The van der Waals surface area contributed by atoms with Crippen molar-refractivity contribution in [2.45, 2.75) is 132 Å². The van der Waals surface area contributed by atoms with E-state index in [0.717, 1.165) is 22.6 Å². The summed E-state index contributed by atoms with van der Waals surface area (Å²) in [6, 6.07) is 7.03. The summed E-state index contributed by atoms with van der Waals surface area (Å²) in [5.74, 6) is -4.54. The van der Waals surface area contributed by atoms with Crippen LogP contribution in [-0.2, 0) is 38.3 Å². The molecule has 0 saturated heterocycles. The lowest BCUT2D eigenvalue weighted by Gasteiger charge is -2.27. The summed E-state index contributed by atoms with van der Waals surface area (Å²) in [4.78, 5) is 90.9. The van der Waals surface area contributed by atoms with Gasteiger partial charge in [-0.2, -0.15) is 0 Å². The molecule has 5 amide bonds. The number of benzene rings is 1. The Kier molecular flexibility index (Phi) is 31.6. The van der Waals surface area contributed by atoms with Crippen molar-refractivity contribution in [3.63, 3.8) is 0 Å². The Morgan fingerprint density at radius 1 is 0.855 bits per heavy atom. The molecule has 15 nitrogen and oxygen atoms in total. The van der Waals surface area contributed by atoms with Crippen LogP contribution in [0.25, 0.3) is 0 Å². The summed E-state index contributed by atoms with van der Waals surface area (Å²) in [5.41, 5.74) is 3.04. The number of aliphatic carboxylic acids is 1. The Bertz CT molecular complexity index is 1600. The van der Waals surface area contributed by atoms with Gasteiger partial charge < -0.3 is 40.7 Å². The van der Waals surface area contributed by atoms with E-state index in [9.17, 15) is 33.6 Å². The molecule has 0 heterocycles. The molecular weight excluding hydrogens is 815 g/mol. The lowest BCUT2D eigenvalue weighted by atomic mass is 9.97. The number of thioether (sulfide) groups is 1. The van der Waals surface area contributed by atoms with Gasteiger partial charge in [-0.05, 0) is 91.2 Å². The summed E-state index contributed by atoms with van der Waals surface area (Å²) in [7, 11) is 2.74. The lowest BCUT2D eigenvalue weighted by molar-refractivity contribution is -0.154. The summed E-state index contributed by atoms with van der Waals surface area (Å²) in [6.07, 6.45) is 7.96. The summed E-state index contributed by atoms with van der Waals surface area (Å²) < 4.78 is 5.59. The molecule has 1 aromatic carbocycles. The van der Waals surface area contributed by atoms with E-state index in [1.165, 1.54) is 50.8 Å². The number of esters is 1. The monoisotopic (exact) mass is 892 g/mol. The van der Waals surface area contributed by atoms with Gasteiger partial charge in [0.1, 0.15) is 18.1 Å². The number of hydrogen-bond acceptors (Lipinski definition) is 10. The van der Waals surface area contributed by atoms with Crippen LogP contribution >= 0.6 is 11.8 Å². The predicted octanol–water partition coefficient (Wildman–Crippen LogP) is 5.50. The number of hydrogen-bond donors (Lipinski definition) is 5. The van der Waals surface area contributed by atoms with E-state index in [0.29, 0.717) is 24.3 Å². The zero-order chi connectivity index (χ0) is 48.1. The molecule has 16 heteroatoms. The molecule has 0 aromatic heterocycles. The number of aliphatic hydroxyl groups is 1. The van der Waals surface area contributed by atoms with Gasteiger partial charge in [0.2, 0.25) is 23.6 Å². The standard InChI is InChI=1S/C37H63N5O9.C7H8.C2H6OS/c1-13-23(5)19-24(6)16-15-17-26(8)37(50)51-29(18-22(3)4)33(45)38-27(9)35(47)42(12)21-31(44)41(11)20-30(43)40-32(25(7)14-2)34(46)39-28(10)36(48)49;1-7-5-3-2-4-6-7;1-4-2-3/h13,17,22,24-25,27-29,32H,14-16,18-21H2,1-12H3,(H,38,45)(H,39,46)(H,40,43)(H,48,49);2-6H,1H3;3H,2H2,1H3/b23-13+,26-17+;;/t24?,25?,27?,28-,29-,32?;;/m1../s1. The molecule has 5 N–H and O–H groups in total. The number of likely N-dealkylation sites (N-methyl/N-ethyl adjacent to an activating group) is 2. The Labute approximate surface area is 375 Å². The Morgan fingerprint density at radius 2 is 1.42 bits per heavy atom. The highest BCUT2D eigenvalue weighted by molar-refractivity contribution is 7.98. The molecule has 4 unspecified atom stereocenters. The van der Waals surface area contributed by atoms with Crippen LogP contribution in [0.4, 0.5) is 0 Å². The van der Waals surface area contributed by atoms with E-state index < -0.39 is 78.8 Å². The van der Waals surface area contributed by atoms with Crippen LogP contribution < -0.4 is 16.0 Å². The molecule has 352 valence electrons. The number of carbonyl (C=O) groups excluding carboxylic acids is 6. The van der Waals surface area contributed by atoms with Crippen LogP contribution in [0.15, 0.2) is 53.6 Å². The van der Waals surface area contributed by atoms with Crippen molar-refractivity contribution < 1.29 is 48.5 Å². The first kappa shape index (κ1) is 59.4. The zero-order valence-corrected chi connectivity index (χ0v) is 40.5. The van der Waals surface area contributed by atoms with Crippen molar-refractivity contribution in [2.75, 3.05) is 39.4 Å². The molecule has 0 bridgehead atoms. The van der Waals surface area contributed by atoms with Gasteiger partial charge in [0.25, 0.3) is 5.91 Å². The van der Waals surface area contributed by atoms with Gasteiger partial charge in [-0.3, -0.25) is 28.8 Å². The van der Waals surface area contributed by atoms with Gasteiger partial charge in [0.15, 0.2) is 6.10 Å². The number of aryl methyl sites for hydroxylation is 1. The topological polar surface area (TPSA) is 212 Å². The molecule has 0 aliphatic heterocycles. The molecule has 1 aromatic rings. The predicted molar refractivity (Wildman–Crippen MR) is 247 cm³/mol. The van der Waals surface area contributed by atoms with Gasteiger partial charge in [-0.1, -0.05) is 94.7 Å². The highest BCUT2D eigenvalue weighted by Crippen LogP contribution is 2.18. The lowest BCUT2D eigenvalue weighted by Crippen LogP contribution is -2.55. The first-order valence-corrected chi connectivity index (χ1v) is 22.6. The van der Waals surface area contributed by atoms with Gasteiger partial charge in [-0.25, -0.2) is 4.79 Å². The second-order valence-corrected chi connectivity index (χ2v) is 17.0.